The Kier molecular flexibility index (Phi) is 3.19. The number of hydrogen-bond acceptors (Lipinski definition) is 4. The Morgan fingerprint density at radius 1 is 1.44 bits per heavy atom. The van der Waals surface area contributed by atoms with E-state index in [2.05, 4.69) is 22.5 Å². The molecule has 1 saturated heterocycles. The zero-order valence-corrected chi connectivity index (χ0v) is 10.6. The van der Waals surface area contributed by atoms with Crippen LogP contribution in [0.15, 0.2) is 28.7 Å². The van der Waals surface area contributed by atoms with Crippen LogP contribution < -0.4 is 10.6 Å². The van der Waals surface area contributed by atoms with Crippen molar-refractivity contribution in [2.75, 3.05) is 18.4 Å². The summed E-state index contributed by atoms with van der Waals surface area (Å²) < 4.78 is 5.69. The minimum atomic E-state index is 0.380. The number of hydrogen-bond donors (Lipinski definition) is 2. The van der Waals surface area contributed by atoms with Crippen molar-refractivity contribution in [1.82, 2.24) is 10.3 Å². The summed E-state index contributed by atoms with van der Waals surface area (Å²) in [5.41, 5.74) is 1.75. The number of benzene rings is 1. The summed E-state index contributed by atoms with van der Waals surface area (Å²) in [5.74, 6) is 0.647. The summed E-state index contributed by atoms with van der Waals surface area (Å²) in [6.45, 7) is 4.42. The van der Waals surface area contributed by atoms with Gasteiger partial charge in [-0.15, -0.1) is 0 Å². The highest BCUT2D eigenvalue weighted by molar-refractivity contribution is 5.74. The van der Waals surface area contributed by atoms with Gasteiger partial charge in [0.2, 0.25) is 0 Å². The minimum Gasteiger partial charge on any atom is -0.424 e. The Morgan fingerprint density at radius 2 is 2.33 bits per heavy atom. The van der Waals surface area contributed by atoms with Gasteiger partial charge in [0.25, 0.3) is 6.01 Å². The van der Waals surface area contributed by atoms with Crippen LogP contribution in [-0.2, 0) is 0 Å². The molecule has 2 N–H and O–H groups in total. The van der Waals surface area contributed by atoms with Crippen molar-refractivity contribution in [2.45, 2.75) is 25.8 Å². The van der Waals surface area contributed by atoms with Crippen molar-refractivity contribution in [2.24, 2.45) is 5.92 Å². The summed E-state index contributed by atoms with van der Waals surface area (Å²) >= 11 is 0. The summed E-state index contributed by atoms with van der Waals surface area (Å²) in [6.07, 6.45) is 2.52. The van der Waals surface area contributed by atoms with E-state index in [9.17, 15) is 0 Å². The van der Waals surface area contributed by atoms with Crippen LogP contribution in [0.4, 0.5) is 6.01 Å². The molecule has 18 heavy (non-hydrogen) atoms. The number of nitrogens with zero attached hydrogens (tertiary/aromatic N) is 1. The van der Waals surface area contributed by atoms with Crippen LogP contribution in [0.25, 0.3) is 11.1 Å². The van der Waals surface area contributed by atoms with Gasteiger partial charge in [-0.25, -0.2) is 0 Å². The van der Waals surface area contributed by atoms with E-state index in [1.807, 2.05) is 24.3 Å². The molecule has 0 amide bonds. The predicted molar refractivity (Wildman–Crippen MR) is 72.7 cm³/mol. The Morgan fingerprint density at radius 3 is 3.11 bits per heavy atom. The first-order chi connectivity index (χ1) is 8.83. The maximum atomic E-state index is 5.69. The highest BCUT2D eigenvalue weighted by Gasteiger charge is 2.21. The van der Waals surface area contributed by atoms with Crippen molar-refractivity contribution in [3.05, 3.63) is 24.3 Å². The molecule has 0 aliphatic carbocycles. The fraction of sp³-hybridized carbons (Fsp3) is 0.500. The molecule has 1 fully saturated rings. The maximum Gasteiger partial charge on any atom is 0.295 e. The van der Waals surface area contributed by atoms with Crippen molar-refractivity contribution in [1.29, 1.82) is 0 Å². The van der Waals surface area contributed by atoms with Crippen molar-refractivity contribution in [3.8, 4) is 0 Å². The Bertz CT molecular complexity index is 483. The number of oxazole rings is 1. The van der Waals surface area contributed by atoms with Crippen LogP contribution in [0.2, 0.25) is 0 Å². The quantitative estimate of drug-likeness (QED) is 0.872. The summed E-state index contributed by atoms with van der Waals surface area (Å²) in [7, 11) is 0. The molecule has 2 unspecified atom stereocenters. The van der Waals surface area contributed by atoms with Crippen LogP contribution in [0, 0.1) is 5.92 Å². The van der Waals surface area contributed by atoms with E-state index in [1.54, 1.807) is 0 Å². The number of piperidine rings is 1. The van der Waals surface area contributed by atoms with Crippen LogP contribution in [0.1, 0.15) is 19.8 Å². The van der Waals surface area contributed by atoms with E-state index in [1.165, 1.54) is 12.8 Å². The lowest BCUT2D eigenvalue weighted by Crippen LogP contribution is -2.38. The van der Waals surface area contributed by atoms with Gasteiger partial charge in [0.1, 0.15) is 5.52 Å². The zero-order valence-electron chi connectivity index (χ0n) is 10.6. The normalized spacial score (nSPS) is 21.9. The van der Waals surface area contributed by atoms with Gasteiger partial charge >= 0.3 is 0 Å². The third-order valence-electron chi connectivity index (χ3n) is 3.69. The van der Waals surface area contributed by atoms with Gasteiger partial charge in [-0.1, -0.05) is 12.1 Å². The van der Waals surface area contributed by atoms with Gasteiger partial charge < -0.3 is 15.1 Å². The van der Waals surface area contributed by atoms with Gasteiger partial charge in [0, 0.05) is 6.04 Å². The molecule has 1 aromatic carbocycles. The average Bonchev–Trinajstić information content (AvgIpc) is 2.82. The van der Waals surface area contributed by atoms with Gasteiger partial charge in [-0.3, -0.25) is 0 Å². The molecule has 2 aromatic rings. The lowest BCUT2D eigenvalue weighted by atomic mass is 9.93. The van der Waals surface area contributed by atoms with E-state index in [0.717, 1.165) is 24.2 Å². The maximum absolute atomic E-state index is 5.69. The molecule has 0 radical (unpaired) electrons. The molecular formula is C14H19N3O. The molecule has 3 rings (SSSR count). The number of para-hydroxylation sites is 2. The molecule has 1 aliphatic rings. The van der Waals surface area contributed by atoms with E-state index in [0.29, 0.717) is 18.0 Å². The summed E-state index contributed by atoms with van der Waals surface area (Å²) in [6, 6.07) is 8.87. The number of fused-ring (bicyclic) bond motifs is 1. The van der Waals surface area contributed by atoms with Gasteiger partial charge in [-0.05, 0) is 50.9 Å². The number of anilines is 1. The first-order valence-electron chi connectivity index (χ1n) is 6.66. The Balaban J connectivity index is 1.71. The van der Waals surface area contributed by atoms with Crippen molar-refractivity contribution >= 4 is 17.1 Å². The summed E-state index contributed by atoms with van der Waals surface area (Å²) in [5, 5.41) is 6.82. The minimum absolute atomic E-state index is 0.380. The number of nitrogens with one attached hydrogen (secondary N) is 2. The van der Waals surface area contributed by atoms with Crippen LogP contribution >= 0.6 is 0 Å². The fourth-order valence-corrected chi connectivity index (χ4v) is 2.55. The average molecular weight is 245 g/mol. The highest BCUT2D eigenvalue weighted by atomic mass is 16.4. The summed E-state index contributed by atoms with van der Waals surface area (Å²) in [4.78, 5) is 4.45. The van der Waals surface area contributed by atoms with E-state index in [4.69, 9.17) is 4.42 Å². The second kappa shape index (κ2) is 4.98. The first-order valence-corrected chi connectivity index (χ1v) is 6.66. The van der Waals surface area contributed by atoms with Crippen LogP contribution in [0.3, 0.4) is 0 Å². The predicted octanol–water partition coefficient (Wildman–Crippen LogP) is 2.63. The molecule has 0 spiro atoms. The van der Waals surface area contributed by atoms with Gasteiger partial charge in [-0.2, -0.15) is 4.98 Å². The van der Waals surface area contributed by atoms with Crippen LogP contribution in [0.5, 0.6) is 0 Å². The number of aromatic nitrogens is 1. The first kappa shape index (κ1) is 11.5. The monoisotopic (exact) mass is 245 g/mol. The molecule has 2 atom stereocenters. The largest absolute Gasteiger partial charge is 0.424 e. The molecule has 1 aliphatic heterocycles. The third kappa shape index (κ3) is 2.34. The van der Waals surface area contributed by atoms with Crippen LogP contribution in [-0.4, -0.2) is 24.1 Å². The molecule has 0 bridgehead atoms. The standard InChI is InChI=1S/C14H19N3O/c1-10(11-5-4-8-15-9-11)16-14-17-12-6-2-3-7-13(12)18-14/h2-3,6-7,10-11,15H,4-5,8-9H2,1H3,(H,16,17). The number of rotatable bonds is 3. The van der Waals surface area contributed by atoms with Gasteiger partial charge in [0.15, 0.2) is 5.58 Å². The Hall–Kier alpha value is -1.55. The lowest BCUT2D eigenvalue weighted by Gasteiger charge is -2.28. The second-order valence-corrected chi connectivity index (χ2v) is 5.03. The molecule has 2 heterocycles. The molecular weight excluding hydrogens is 226 g/mol. The third-order valence-corrected chi connectivity index (χ3v) is 3.69. The Labute approximate surface area is 107 Å². The van der Waals surface area contributed by atoms with E-state index < -0.39 is 0 Å². The fourth-order valence-electron chi connectivity index (χ4n) is 2.55. The van der Waals surface area contributed by atoms with Crippen molar-refractivity contribution < 1.29 is 4.42 Å². The smallest absolute Gasteiger partial charge is 0.295 e. The molecule has 96 valence electrons. The van der Waals surface area contributed by atoms with E-state index >= 15 is 0 Å². The molecule has 4 nitrogen and oxygen atoms in total. The highest BCUT2D eigenvalue weighted by Crippen LogP contribution is 2.22. The van der Waals surface area contributed by atoms with Crippen molar-refractivity contribution in [3.63, 3.8) is 0 Å². The SMILES string of the molecule is CC(Nc1nc2ccccc2o1)C1CCCNC1. The molecule has 4 heteroatoms. The zero-order chi connectivity index (χ0) is 12.4. The van der Waals surface area contributed by atoms with E-state index in [-0.39, 0.29) is 0 Å². The molecule has 0 saturated carbocycles. The topological polar surface area (TPSA) is 50.1 Å². The molecule has 1 aromatic heterocycles. The second-order valence-electron chi connectivity index (χ2n) is 5.03. The lowest BCUT2D eigenvalue weighted by molar-refractivity contribution is 0.343. The van der Waals surface area contributed by atoms with Gasteiger partial charge in [0.05, 0.1) is 0 Å².